The minimum atomic E-state index is -0.104. The molecule has 2 N–H and O–H groups in total. The average Bonchev–Trinajstić information content (AvgIpc) is 3.13. The van der Waals surface area contributed by atoms with Crippen LogP contribution in [0.25, 0.3) is 11.3 Å². The largest absolute Gasteiger partial charge is 0.309 e. The van der Waals surface area contributed by atoms with Crippen molar-refractivity contribution >= 4 is 34.7 Å². The summed E-state index contributed by atoms with van der Waals surface area (Å²) in [6.45, 7) is 1.91. The SMILES string of the molecule is Cc1c(NC(=O)CCc2ncc(Cl)s2)n[nH]c1-c1ccncc1. The van der Waals surface area contributed by atoms with Crippen LogP contribution in [0.3, 0.4) is 0 Å². The van der Waals surface area contributed by atoms with E-state index in [1.807, 2.05) is 19.1 Å². The number of thiazole rings is 1. The van der Waals surface area contributed by atoms with E-state index >= 15 is 0 Å². The van der Waals surface area contributed by atoms with Crippen LogP contribution < -0.4 is 5.32 Å². The summed E-state index contributed by atoms with van der Waals surface area (Å²) < 4.78 is 0.630. The predicted molar refractivity (Wildman–Crippen MR) is 90.6 cm³/mol. The molecule has 23 heavy (non-hydrogen) atoms. The first-order valence-corrected chi connectivity index (χ1v) is 8.18. The lowest BCUT2D eigenvalue weighted by Crippen LogP contribution is -2.13. The number of rotatable bonds is 5. The molecule has 3 aromatic rings. The van der Waals surface area contributed by atoms with E-state index in [-0.39, 0.29) is 5.91 Å². The molecule has 0 atom stereocenters. The van der Waals surface area contributed by atoms with Gasteiger partial charge in [-0.15, -0.1) is 11.3 Å². The Labute approximate surface area is 141 Å². The summed E-state index contributed by atoms with van der Waals surface area (Å²) >= 11 is 7.21. The van der Waals surface area contributed by atoms with Gasteiger partial charge in [0.05, 0.1) is 16.9 Å². The molecule has 3 aromatic heterocycles. The summed E-state index contributed by atoms with van der Waals surface area (Å²) in [5.41, 5.74) is 2.74. The van der Waals surface area contributed by atoms with Gasteiger partial charge in [0.1, 0.15) is 4.34 Å². The van der Waals surface area contributed by atoms with Crippen LogP contribution in [0.2, 0.25) is 4.34 Å². The van der Waals surface area contributed by atoms with Crippen molar-refractivity contribution < 1.29 is 4.79 Å². The van der Waals surface area contributed by atoms with Crippen LogP contribution in [0.15, 0.2) is 30.7 Å². The maximum atomic E-state index is 12.1. The number of hydrogen-bond donors (Lipinski definition) is 2. The Morgan fingerprint density at radius 1 is 1.39 bits per heavy atom. The molecule has 0 aliphatic carbocycles. The molecule has 0 radical (unpaired) electrons. The average molecular weight is 348 g/mol. The summed E-state index contributed by atoms with van der Waals surface area (Å²) in [7, 11) is 0. The Morgan fingerprint density at radius 2 is 2.17 bits per heavy atom. The smallest absolute Gasteiger partial charge is 0.226 e. The molecular weight excluding hydrogens is 334 g/mol. The van der Waals surface area contributed by atoms with Gasteiger partial charge in [-0.1, -0.05) is 11.6 Å². The van der Waals surface area contributed by atoms with Gasteiger partial charge in [0.25, 0.3) is 0 Å². The Bertz CT molecular complexity index is 814. The monoisotopic (exact) mass is 347 g/mol. The highest BCUT2D eigenvalue weighted by atomic mass is 35.5. The number of amides is 1. The lowest BCUT2D eigenvalue weighted by Gasteiger charge is -2.03. The maximum absolute atomic E-state index is 12.1. The van der Waals surface area contributed by atoms with Gasteiger partial charge in [-0.25, -0.2) is 4.98 Å². The van der Waals surface area contributed by atoms with Gasteiger partial charge in [0, 0.05) is 36.4 Å². The standard InChI is InChI=1S/C15H14ClN5OS/c1-9-14(10-4-6-17-7-5-10)20-21-15(9)19-12(22)2-3-13-18-8-11(16)23-13/h4-8H,2-3H2,1H3,(H2,19,20,21,22). The second-order valence-corrected chi connectivity index (χ2v) is 6.66. The van der Waals surface area contributed by atoms with Gasteiger partial charge in [0.2, 0.25) is 5.91 Å². The first-order valence-electron chi connectivity index (χ1n) is 6.99. The molecule has 0 spiro atoms. The molecule has 0 saturated heterocycles. The molecule has 118 valence electrons. The number of nitrogens with one attached hydrogen (secondary N) is 2. The molecule has 1 amide bonds. The van der Waals surface area contributed by atoms with E-state index < -0.39 is 0 Å². The highest BCUT2D eigenvalue weighted by molar-refractivity contribution is 7.15. The van der Waals surface area contributed by atoms with E-state index in [1.54, 1.807) is 18.6 Å². The Morgan fingerprint density at radius 3 is 2.87 bits per heavy atom. The number of pyridine rings is 1. The van der Waals surface area contributed by atoms with Crippen molar-refractivity contribution in [1.29, 1.82) is 0 Å². The summed E-state index contributed by atoms with van der Waals surface area (Å²) in [6.07, 6.45) is 5.92. The zero-order valence-electron chi connectivity index (χ0n) is 12.3. The predicted octanol–water partition coefficient (Wildman–Crippen LogP) is 3.46. The Hall–Kier alpha value is -2.25. The molecule has 0 saturated carbocycles. The second-order valence-electron chi connectivity index (χ2n) is 4.91. The third kappa shape index (κ3) is 3.75. The lowest BCUT2D eigenvalue weighted by atomic mass is 10.1. The van der Waals surface area contributed by atoms with E-state index in [9.17, 15) is 4.79 Å². The van der Waals surface area contributed by atoms with Gasteiger partial charge >= 0.3 is 0 Å². The number of H-pyrrole nitrogens is 1. The van der Waals surface area contributed by atoms with Crippen molar-refractivity contribution in [3.8, 4) is 11.3 Å². The summed E-state index contributed by atoms with van der Waals surface area (Å²) in [4.78, 5) is 20.2. The van der Waals surface area contributed by atoms with Crippen LogP contribution in [0, 0.1) is 6.92 Å². The molecule has 0 fully saturated rings. The quantitative estimate of drug-likeness (QED) is 0.740. The fourth-order valence-corrected chi connectivity index (χ4v) is 3.09. The van der Waals surface area contributed by atoms with Gasteiger partial charge in [-0.2, -0.15) is 5.10 Å². The van der Waals surface area contributed by atoms with E-state index in [1.165, 1.54) is 11.3 Å². The van der Waals surface area contributed by atoms with Crippen LogP contribution in [0.5, 0.6) is 0 Å². The Balaban J connectivity index is 1.64. The number of anilines is 1. The number of aryl methyl sites for hydroxylation is 1. The summed E-state index contributed by atoms with van der Waals surface area (Å²) in [6, 6.07) is 3.77. The first-order chi connectivity index (χ1) is 11.1. The molecule has 0 aromatic carbocycles. The number of nitrogens with zero attached hydrogens (tertiary/aromatic N) is 3. The van der Waals surface area contributed by atoms with Crippen molar-refractivity contribution in [2.24, 2.45) is 0 Å². The van der Waals surface area contributed by atoms with Gasteiger partial charge in [-0.05, 0) is 19.1 Å². The van der Waals surface area contributed by atoms with E-state index in [2.05, 4.69) is 25.5 Å². The van der Waals surface area contributed by atoms with E-state index in [4.69, 9.17) is 11.6 Å². The van der Waals surface area contributed by atoms with Crippen LogP contribution in [-0.2, 0) is 11.2 Å². The molecule has 8 heteroatoms. The minimum absolute atomic E-state index is 0.104. The molecule has 3 heterocycles. The Kier molecular flexibility index (Phi) is 4.68. The number of hydrogen-bond acceptors (Lipinski definition) is 5. The van der Waals surface area contributed by atoms with Gasteiger partial charge < -0.3 is 5.32 Å². The first kappa shape index (κ1) is 15.6. The summed E-state index contributed by atoms with van der Waals surface area (Å²) in [5, 5.41) is 10.8. The van der Waals surface area contributed by atoms with Crippen molar-refractivity contribution in [3.63, 3.8) is 0 Å². The third-order valence-corrected chi connectivity index (χ3v) is 4.50. The fraction of sp³-hybridized carbons (Fsp3) is 0.200. The molecule has 0 unspecified atom stereocenters. The maximum Gasteiger partial charge on any atom is 0.226 e. The highest BCUT2D eigenvalue weighted by Gasteiger charge is 2.13. The number of aromatic amines is 1. The molecule has 6 nitrogen and oxygen atoms in total. The van der Waals surface area contributed by atoms with Crippen LogP contribution in [-0.4, -0.2) is 26.1 Å². The van der Waals surface area contributed by atoms with Crippen molar-refractivity contribution in [2.45, 2.75) is 19.8 Å². The van der Waals surface area contributed by atoms with Gasteiger partial charge in [-0.3, -0.25) is 14.9 Å². The molecular formula is C15H14ClN5OS. The van der Waals surface area contributed by atoms with Crippen molar-refractivity contribution in [2.75, 3.05) is 5.32 Å². The number of aromatic nitrogens is 4. The number of carbonyl (C=O) groups excluding carboxylic acids is 1. The van der Waals surface area contributed by atoms with Crippen LogP contribution in [0.4, 0.5) is 5.82 Å². The summed E-state index contributed by atoms with van der Waals surface area (Å²) in [5.74, 6) is 0.436. The van der Waals surface area contributed by atoms with Crippen molar-refractivity contribution in [1.82, 2.24) is 20.2 Å². The van der Waals surface area contributed by atoms with E-state index in [0.29, 0.717) is 23.0 Å². The normalized spacial score (nSPS) is 10.7. The number of carbonyl (C=O) groups is 1. The molecule has 0 aliphatic heterocycles. The zero-order valence-corrected chi connectivity index (χ0v) is 13.9. The van der Waals surface area contributed by atoms with Crippen LogP contribution >= 0.6 is 22.9 Å². The second kappa shape index (κ2) is 6.89. The minimum Gasteiger partial charge on any atom is -0.309 e. The lowest BCUT2D eigenvalue weighted by molar-refractivity contribution is -0.116. The van der Waals surface area contributed by atoms with E-state index in [0.717, 1.165) is 21.8 Å². The highest BCUT2D eigenvalue weighted by Crippen LogP contribution is 2.25. The van der Waals surface area contributed by atoms with Crippen molar-refractivity contribution in [3.05, 3.63) is 45.6 Å². The molecule has 0 aliphatic rings. The number of halogens is 1. The fourth-order valence-electron chi connectivity index (χ4n) is 2.14. The molecule has 0 bridgehead atoms. The molecule has 3 rings (SSSR count). The topological polar surface area (TPSA) is 83.6 Å². The van der Waals surface area contributed by atoms with Gasteiger partial charge in [0.15, 0.2) is 5.82 Å². The third-order valence-electron chi connectivity index (χ3n) is 3.33. The van der Waals surface area contributed by atoms with Crippen LogP contribution in [0.1, 0.15) is 17.0 Å². The zero-order chi connectivity index (χ0) is 16.2.